The molecule has 0 radical (unpaired) electrons. The molecule has 0 aliphatic rings. The molecule has 4 rings (SSSR count). The fourth-order valence-electron chi connectivity index (χ4n) is 3.89. The highest BCUT2D eigenvalue weighted by atomic mass is 16.2. The number of para-hydroxylation sites is 1. The summed E-state index contributed by atoms with van der Waals surface area (Å²) in [7, 11) is 0. The van der Waals surface area contributed by atoms with Gasteiger partial charge in [-0.3, -0.25) is 9.36 Å². The van der Waals surface area contributed by atoms with Gasteiger partial charge in [0.25, 0.3) is 5.56 Å². The van der Waals surface area contributed by atoms with Crippen LogP contribution in [0.15, 0.2) is 70.5 Å². The van der Waals surface area contributed by atoms with Crippen LogP contribution >= 0.6 is 0 Å². The molecule has 0 N–H and O–H groups in total. The summed E-state index contributed by atoms with van der Waals surface area (Å²) < 4.78 is 4.79. The van der Waals surface area contributed by atoms with Crippen LogP contribution in [0.1, 0.15) is 37.9 Å². The summed E-state index contributed by atoms with van der Waals surface area (Å²) in [5, 5.41) is 0. The van der Waals surface area contributed by atoms with E-state index in [2.05, 4.69) is 4.98 Å². The van der Waals surface area contributed by atoms with Crippen molar-refractivity contribution >= 4 is 11.2 Å². The Labute approximate surface area is 175 Å². The van der Waals surface area contributed by atoms with Crippen LogP contribution in [-0.2, 0) is 6.54 Å². The van der Waals surface area contributed by atoms with E-state index in [1.165, 1.54) is 4.57 Å². The molecular weight excluding hydrogens is 376 g/mol. The highest BCUT2D eigenvalue weighted by Crippen LogP contribution is 2.23. The Bertz CT molecular complexity index is 1310. The number of rotatable bonds is 5. The molecule has 0 spiro atoms. The lowest BCUT2D eigenvalue weighted by Gasteiger charge is -2.17. The zero-order valence-electron chi connectivity index (χ0n) is 17.7. The first kappa shape index (κ1) is 19.9. The third-order valence-corrected chi connectivity index (χ3v) is 5.46. The largest absolute Gasteiger partial charge is 0.337 e. The van der Waals surface area contributed by atoms with Crippen LogP contribution in [0.25, 0.3) is 16.9 Å². The van der Waals surface area contributed by atoms with Gasteiger partial charge in [-0.1, -0.05) is 62.4 Å². The van der Waals surface area contributed by atoms with Gasteiger partial charge in [0.05, 0.1) is 18.1 Å². The third kappa shape index (κ3) is 3.28. The number of fused-ring (bicyclic) bond motifs is 1. The van der Waals surface area contributed by atoms with Gasteiger partial charge in [0.15, 0.2) is 11.2 Å². The molecule has 0 saturated carbocycles. The summed E-state index contributed by atoms with van der Waals surface area (Å²) in [5.41, 5.74) is 2.93. The van der Waals surface area contributed by atoms with Crippen LogP contribution in [0.4, 0.5) is 0 Å². The van der Waals surface area contributed by atoms with Gasteiger partial charge < -0.3 is 4.57 Å². The summed E-state index contributed by atoms with van der Waals surface area (Å²) >= 11 is 0. The van der Waals surface area contributed by atoms with E-state index < -0.39 is 0 Å². The van der Waals surface area contributed by atoms with Crippen molar-refractivity contribution in [3.63, 3.8) is 0 Å². The van der Waals surface area contributed by atoms with Gasteiger partial charge in [-0.05, 0) is 37.0 Å². The molecule has 2 heterocycles. The fraction of sp³-hybridized carbons (Fsp3) is 0.292. The molecular formula is C24H26N4O2. The van der Waals surface area contributed by atoms with E-state index in [9.17, 15) is 9.59 Å². The van der Waals surface area contributed by atoms with Gasteiger partial charge in [0.1, 0.15) is 0 Å². The van der Waals surface area contributed by atoms with Crippen LogP contribution < -0.4 is 11.2 Å². The molecule has 0 saturated heterocycles. The first-order valence-electron chi connectivity index (χ1n) is 10.2. The van der Waals surface area contributed by atoms with Gasteiger partial charge in [0, 0.05) is 6.54 Å². The van der Waals surface area contributed by atoms with Crippen molar-refractivity contribution in [2.75, 3.05) is 0 Å². The second-order valence-electron chi connectivity index (χ2n) is 8.12. The molecule has 2 aromatic heterocycles. The van der Waals surface area contributed by atoms with E-state index >= 15 is 0 Å². The molecule has 0 aliphatic heterocycles. The van der Waals surface area contributed by atoms with Gasteiger partial charge >= 0.3 is 5.69 Å². The Balaban J connectivity index is 2.08. The molecule has 30 heavy (non-hydrogen) atoms. The minimum absolute atomic E-state index is 0.0979. The SMILES string of the molecule is Cc1ccccc1-n1c(=O)n(CC(C)C)c(=O)c2c1ncn2C(C)c1ccccc1. The van der Waals surface area contributed by atoms with E-state index in [1.54, 1.807) is 10.9 Å². The average molecular weight is 402 g/mol. The number of aromatic nitrogens is 4. The zero-order valence-corrected chi connectivity index (χ0v) is 17.7. The molecule has 0 aliphatic carbocycles. The van der Waals surface area contributed by atoms with Crippen molar-refractivity contribution in [2.45, 2.75) is 40.3 Å². The van der Waals surface area contributed by atoms with Crippen LogP contribution in [0.5, 0.6) is 0 Å². The van der Waals surface area contributed by atoms with E-state index in [4.69, 9.17) is 0 Å². The lowest BCUT2D eigenvalue weighted by atomic mass is 10.1. The molecule has 6 heteroatoms. The lowest BCUT2D eigenvalue weighted by molar-refractivity contribution is 0.488. The molecule has 0 bridgehead atoms. The molecule has 0 fully saturated rings. The Kier molecular flexibility index (Phi) is 5.16. The average Bonchev–Trinajstić information content (AvgIpc) is 3.17. The maximum absolute atomic E-state index is 13.5. The minimum Gasteiger partial charge on any atom is -0.317 e. The highest BCUT2D eigenvalue weighted by Gasteiger charge is 2.22. The highest BCUT2D eigenvalue weighted by molar-refractivity contribution is 5.73. The van der Waals surface area contributed by atoms with Gasteiger partial charge in [-0.25, -0.2) is 14.3 Å². The van der Waals surface area contributed by atoms with Gasteiger partial charge in [-0.15, -0.1) is 0 Å². The van der Waals surface area contributed by atoms with Crippen molar-refractivity contribution in [3.05, 3.63) is 92.9 Å². The molecule has 154 valence electrons. The summed E-state index contributed by atoms with van der Waals surface area (Å²) in [6, 6.07) is 17.5. The van der Waals surface area contributed by atoms with Crippen molar-refractivity contribution in [3.8, 4) is 5.69 Å². The summed E-state index contributed by atoms with van der Waals surface area (Å²) in [6.07, 6.45) is 1.66. The maximum atomic E-state index is 13.5. The van der Waals surface area contributed by atoms with E-state index in [0.29, 0.717) is 17.7 Å². The van der Waals surface area contributed by atoms with Crippen molar-refractivity contribution in [1.29, 1.82) is 0 Å². The third-order valence-electron chi connectivity index (χ3n) is 5.46. The Morgan fingerprint density at radius 2 is 1.60 bits per heavy atom. The van der Waals surface area contributed by atoms with E-state index in [-0.39, 0.29) is 23.2 Å². The molecule has 6 nitrogen and oxygen atoms in total. The van der Waals surface area contributed by atoms with E-state index in [0.717, 1.165) is 16.8 Å². The molecule has 4 aromatic rings. The number of aryl methyl sites for hydroxylation is 1. The predicted octanol–water partition coefficient (Wildman–Crippen LogP) is 3.92. The van der Waals surface area contributed by atoms with Crippen LogP contribution in [0, 0.1) is 12.8 Å². The Morgan fingerprint density at radius 3 is 2.27 bits per heavy atom. The molecule has 1 unspecified atom stereocenters. The number of hydrogen-bond donors (Lipinski definition) is 0. The summed E-state index contributed by atoms with van der Waals surface area (Å²) in [6.45, 7) is 8.33. The van der Waals surface area contributed by atoms with Gasteiger partial charge in [0.2, 0.25) is 0 Å². The Hall–Kier alpha value is -3.41. The monoisotopic (exact) mass is 402 g/mol. The normalized spacial score (nSPS) is 12.6. The molecule has 2 aromatic carbocycles. The molecule has 0 amide bonds. The number of nitrogens with zero attached hydrogens (tertiary/aromatic N) is 4. The number of benzene rings is 2. The Morgan fingerprint density at radius 1 is 0.933 bits per heavy atom. The van der Waals surface area contributed by atoms with E-state index in [1.807, 2.05) is 86.9 Å². The first-order valence-corrected chi connectivity index (χ1v) is 10.2. The molecule has 1 atom stereocenters. The van der Waals surface area contributed by atoms with Crippen LogP contribution in [0.2, 0.25) is 0 Å². The van der Waals surface area contributed by atoms with Crippen molar-refractivity contribution in [1.82, 2.24) is 18.7 Å². The number of hydrogen-bond acceptors (Lipinski definition) is 3. The second kappa shape index (κ2) is 7.78. The minimum atomic E-state index is -0.354. The van der Waals surface area contributed by atoms with Crippen molar-refractivity contribution in [2.24, 2.45) is 5.92 Å². The first-order chi connectivity index (χ1) is 14.4. The number of imidazole rings is 1. The lowest BCUT2D eigenvalue weighted by Crippen LogP contribution is -2.41. The standard InChI is InChI=1S/C24H26N4O2/c1-16(2)14-26-23(29)21-22(28(24(26)30)20-13-9-8-10-17(20)3)25-15-27(21)18(4)19-11-6-5-7-12-19/h5-13,15-16,18H,14H2,1-4H3. The van der Waals surface area contributed by atoms with Crippen molar-refractivity contribution < 1.29 is 0 Å². The quantitative estimate of drug-likeness (QED) is 0.508. The van der Waals surface area contributed by atoms with Crippen LogP contribution in [0.3, 0.4) is 0 Å². The zero-order chi connectivity index (χ0) is 21.4. The maximum Gasteiger partial charge on any atom is 0.337 e. The fourth-order valence-corrected chi connectivity index (χ4v) is 3.89. The van der Waals surface area contributed by atoms with Gasteiger partial charge in [-0.2, -0.15) is 0 Å². The smallest absolute Gasteiger partial charge is 0.317 e. The summed E-state index contributed by atoms with van der Waals surface area (Å²) in [5.74, 6) is 0.154. The topological polar surface area (TPSA) is 61.8 Å². The predicted molar refractivity (Wildman–Crippen MR) is 119 cm³/mol. The summed E-state index contributed by atoms with van der Waals surface area (Å²) in [4.78, 5) is 31.4. The second-order valence-corrected chi connectivity index (χ2v) is 8.12. The van der Waals surface area contributed by atoms with Crippen LogP contribution in [-0.4, -0.2) is 18.7 Å².